The molecule has 0 aliphatic heterocycles. The maximum Gasteiger partial charge on any atom is 0.296 e. The molecule has 0 bridgehead atoms. The van der Waals surface area contributed by atoms with E-state index in [0.717, 1.165) is 5.69 Å². The van der Waals surface area contributed by atoms with Gasteiger partial charge in [0.2, 0.25) is 5.44 Å². The fourth-order valence-corrected chi connectivity index (χ4v) is 1.61. The fraction of sp³-hybridized carbons (Fsp3) is 0.333. The third kappa shape index (κ3) is 2.92. The van der Waals surface area contributed by atoms with Gasteiger partial charge in [-0.25, -0.2) is 0 Å². The van der Waals surface area contributed by atoms with Crippen LogP contribution < -0.4 is 4.90 Å². The Bertz CT molecular complexity index is 424. The summed E-state index contributed by atoms with van der Waals surface area (Å²) in [5.41, 5.74) is -0.863. The first-order valence-corrected chi connectivity index (χ1v) is 5.74. The molecule has 0 spiro atoms. The van der Waals surface area contributed by atoms with Crippen molar-refractivity contribution in [1.82, 2.24) is 0 Å². The van der Waals surface area contributed by atoms with Crippen LogP contribution in [0.3, 0.4) is 0 Å². The Hall–Kier alpha value is -1.11. The van der Waals surface area contributed by atoms with Crippen LogP contribution in [0.5, 0.6) is 0 Å². The Balaban J connectivity index is 3.00. The topological polar surface area (TPSA) is 77.8 Å². The zero-order chi connectivity index (χ0) is 11.6. The molecule has 1 aromatic carbocycles. The third-order valence-electron chi connectivity index (χ3n) is 1.98. The van der Waals surface area contributed by atoms with E-state index in [1.165, 1.54) is 12.1 Å². The van der Waals surface area contributed by atoms with Gasteiger partial charge in [-0.15, -0.1) is 0 Å². The van der Waals surface area contributed by atoms with Crippen molar-refractivity contribution in [3.05, 3.63) is 29.8 Å². The Kier molecular flexibility index (Phi) is 3.33. The number of aliphatic hydroxyl groups excluding tert-OH is 1. The van der Waals surface area contributed by atoms with Crippen LogP contribution in [-0.4, -0.2) is 32.2 Å². The summed E-state index contributed by atoms with van der Waals surface area (Å²) in [7, 11) is -0.764. The van der Waals surface area contributed by atoms with Crippen LogP contribution in [0.25, 0.3) is 0 Å². The largest absolute Gasteiger partial charge is 0.378 e. The van der Waals surface area contributed by atoms with Gasteiger partial charge >= 0.3 is 0 Å². The van der Waals surface area contributed by atoms with Crippen molar-refractivity contribution in [2.24, 2.45) is 0 Å². The van der Waals surface area contributed by atoms with Gasteiger partial charge in [0.25, 0.3) is 10.1 Å². The molecule has 0 aliphatic rings. The molecule has 15 heavy (non-hydrogen) atoms. The lowest BCUT2D eigenvalue weighted by atomic mass is 10.2. The van der Waals surface area contributed by atoms with Gasteiger partial charge in [-0.3, -0.25) is 4.55 Å². The highest BCUT2D eigenvalue weighted by atomic mass is 32.2. The van der Waals surface area contributed by atoms with Crippen LogP contribution in [0.2, 0.25) is 0 Å². The molecule has 0 aromatic heterocycles. The molecule has 1 rings (SSSR count). The molecule has 0 amide bonds. The summed E-state index contributed by atoms with van der Waals surface area (Å²) in [6, 6.07) is 6.22. The van der Waals surface area contributed by atoms with Crippen molar-refractivity contribution in [2.75, 3.05) is 19.0 Å². The highest BCUT2D eigenvalue weighted by Crippen LogP contribution is 2.21. The lowest BCUT2D eigenvalue weighted by molar-refractivity contribution is 0.238. The van der Waals surface area contributed by atoms with Gasteiger partial charge in [-0.05, 0) is 17.7 Å². The van der Waals surface area contributed by atoms with Gasteiger partial charge in [-0.2, -0.15) is 8.42 Å². The highest BCUT2D eigenvalue weighted by molar-refractivity contribution is 7.85. The molecule has 2 N–H and O–H groups in total. The monoisotopic (exact) mass is 231 g/mol. The maximum absolute atomic E-state index is 10.6. The number of hydrogen-bond donors (Lipinski definition) is 2. The lowest BCUT2D eigenvalue weighted by Gasteiger charge is -2.13. The van der Waals surface area contributed by atoms with E-state index in [-0.39, 0.29) is 5.56 Å². The van der Waals surface area contributed by atoms with Crippen LogP contribution in [0.4, 0.5) is 5.69 Å². The summed E-state index contributed by atoms with van der Waals surface area (Å²) < 4.78 is 29.9. The average Bonchev–Trinajstić information content (AvgIpc) is 2.15. The molecule has 0 heterocycles. The van der Waals surface area contributed by atoms with E-state index in [1.807, 2.05) is 19.0 Å². The van der Waals surface area contributed by atoms with Gasteiger partial charge in [0.1, 0.15) is 0 Å². The number of benzene rings is 1. The van der Waals surface area contributed by atoms with Crippen molar-refractivity contribution < 1.29 is 18.1 Å². The van der Waals surface area contributed by atoms with Crippen LogP contribution in [0, 0.1) is 0 Å². The van der Waals surface area contributed by atoms with Crippen molar-refractivity contribution in [1.29, 1.82) is 0 Å². The number of hydrogen-bond acceptors (Lipinski definition) is 4. The molecule has 0 radical (unpaired) electrons. The Morgan fingerprint density at radius 3 is 2.00 bits per heavy atom. The lowest BCUT2D eigenvalue weighted by Crippen LogP contribution is -2.12. The first-order chi connectivity index (χ1) is 6.82. The van der Waals surface area contributed by atoms with E-state index in [0.29, 0.717) is 0 Å². The molecular formula is C9H13NO4S. The average molecular weight is 231 g/mol. The number of rotatable bonds is 3. The molecule has 0 saturated heterocycles. The van der Waals surface area contributed by atoms with E-state index >= 15 is 0 Å². The van der Waals surface area contributed by atoms with Gasteiger partial charge in [0.15, 0.2) is 0 Å². The van der Waals surface area contributed by atoms with E-state index < -0.39 is 15.6 Å². The fourth-order valence-electron chi connectivity index (χ4n) is 1.11. The van der Waals surface area contributed by atoms with Crippen molar-refractivity contribution in [2.45, 2.75) is 5.44 Å². The smallest absolute Gasteiger partial charge is 0.296 e. The Morgan fingerprint density at radius 2 is 1.67 bits per heavy atom. The third-order valence-corrected chi connectivity index (χ3v) is 2.81. The molecule has 0 saturated carbocycles. The summed E-state index contributed by atoms with van der Waals surface area (Å²) in [5.74, 6) is 0. The van der Waals surface area contributed by atoms with Crippen LogP contribution in [0.1, 0.15) is 11.0 Å². The molecule has 0 aliphatic carbocycles. The molecule has 5 nitrogen and oxygen atoms in total. The minimum absolute atomic E-state index is 0.142. The number of anilines is 1. The van der Waals surface area contributed by atoms with Crippen molar-refractivity contribution in [3.63, 3.8) is 0 Å². The SMILES string of the molecule is CN(C)c1ccc([C@H](O)S(=O)(=O)O)cc1. The first-order valence-electron chi connectivity index (χ1n) is 4.24. The molecule has 1 atom stereocenters. The number of aliphatic hydroxyl groups is 1. The summed E-state index contributed by atoms with van der Waals surface area (Å²) in [5, 5.41) is 9.23. The summed E-state index contributed by atoms with van der Waals surface area (Å²) in [6.45, 7) is 0. The standard InChI is InChI=1S/C9H13NO4S/c1-10(2)8-5-3-7(4-6-8)9(11)15(12,13)14/h3-6,9,11H,1-2H3,(H,12,13,14)/t9-/m1/s1. The quantitative estimate of drug-likeness (QED) is 0.746. The summed E-state index contributed by atoms with van der Waals surface area (Å²) in [4.78, 5) is 1.84. The Morgan fingerprint density at radius 1 is 1.20 bits per heavy atom. The van der Waals surface area contributed by atoms with Crippen molar-refractivity contribution in [3.8, 4) is 0 Å². The summed E-state index contributed by atoms with van der Waals surface area (Å²) >= 11 is 0. The maximum atomic E-state index is 10.6. The second kappa shape index (κ2) is 4.18. The number of nitrogens with zero attached hydrogens (tertiary/aromatic N) is 1. The predicted octanol–water partition coefficient (Wildman–Crippen LogP) is 0.631. The molecule has 1 aromatic rings. The summed E-state index contributed by atoms with van der Waals surface area (Å²) in [6.07, 6.45) is 0. The van der Waals surface area contributed by atoms with Crippen molar-refractivity contribution >= 4 is 15.8 Å². The minimum atomic E-state index is -4.45. The van der Waals surface area contributed by atoms with E-state index in [2.05, 4.69) is 0 Å². The molecular weight excluding hydrogens is 218 g/mol. The predicted molar refractivity (Wildman–Crippen MR) is 57.3 cm³/mol. The van der Waals surface area contributed by atoms with Gasteiger partial charge < -0.3 is 10.0 Å². The van der Waals surface area contributed by atoms with Crippen LogP contribution in [-0.2, 0) is 10.1 Å². The second-order valence-corrected chi connectivity index (χ2v) is 4.83. The van der Waals surface area contributed by atoms with E-state index in [4.69, 9.17) is 4.55 Å². The van der Waals surface area contributed by atoms with Crippen LogP contribution in [0.15, 0.2) is 24.3 Å². The molecule has 0 unspecified atom stereocenters. The zero-order valence-corrected chi connectivity index (χ0v) is 9.27. The first kappa shape index (κ1) is 12.0. The molecule has 6 heteroatoms. The van der Waals surface area contributed by atoms with E-state index in [9.17, 15) is 13.5 Å². The normalized spacial score (nSPS) is 13.6. The zero-order valence-electron chi connectivity index (χ0n) is 8.45. The van der Waals surface area contributed by atoms with Gasteiger partial charge in [0, 0.05) is 19.8 Å². The van der Waals surface area contributed by atoms with Gasteiger partial charge in [-0.1, -0.05) is 12.1 Å². The Labute approximate surface area is 88.7 Å². The second-order valence-electron chi connectivity index (χ2n) is 3.35. The van der Waals surface area contributed by atoms with Gasteiger partial charge in [0.05, 0.1) is 0 Å². The minimum Gasteiger partial charge on any atom is -0.378 e. The molecule has 0 fully saturated rings. The molecule has 84 valence electrons. The van der Waals surface area contributed by atoms with E-state index in [1.54, 1.807) is 12.1 Å². The highest BCUT2D eigenvalue weighted by Gasteiger charge is 2.21. The van der Waals surface area contributed by atoms with Crippen LogP contribution >= 0.6 is 0 Å².